The number of hydrogen-bond donors (Lipinski definition) is 1. The van der Waals surface area contributed by atoms with Gasteiger partial charge in [0.15, 0.2) is 11.2 Å². The summed E-state index contributed by atoms with van der Waals surface area (Å²) in [6.45, 7) is 4.62. The first-order chi connectivity index (χ1) is 13.7. The minimum Gasteiger partial charge on any atom is -0.496 e. The molecule has 0 aliphatic heterocycles. The Hall–Kier alpha value is -2.88. The Kier molecular flexibility index (Phi) is 5.92. The third-order valence-corrected chi connectivity index (χ3v) is 4.95. The number of imidazole rings is 1. The maximum atomic E-state index is 12.7. The number of fused-ring (bicyclic) bond motifs is 1. The molecule has 1 aromatic carbocycles. The summed E-state index contributed by atoms with van der Waals surface area (Å²) in [5.41, 5.74) is 3.54. The number of ether oxygens (including phenoxy) is 1. The van der Waals surface area contributed by atoms with E-state index in [1.54, 1.807) is 24.9 Å². The number of aromatic nitrogens is 4. The topological polar surface area (TPSA) is 95.4 Å². The molecule has 29 heavy (non-hydrogen) atoms. The number of anilines is 1. The van der Waals surface area contributed by atoms with Crippen molar-refractivity contribution in [1.29, 1.82) is 0 Å². The third kappa shape index (κ3) is 3.98. The van der Waals surface area contributed by atoms with Crippen LogP contribution in [0.25, 0.3) is 11.2 Å². The van der Waals surface area contributed by atoms with Gasteiger partial charge in [-0.2, -0.15) is 10.1 Å². The molecule has 2 aromatic heterocycles. The van der Waals surface area contributed by atoms with E-state index in [0.717, 1.165) is 14.6 Å². The van der Waals surface area contributed by atoms with E-state index in [2.05, 4.69) is 31.4 Å². The highest BCUT2D eigenvalue weighted by Gasteiger charge is 2.19. The summed E-state index contributed by atoms with van der Waals surface area (Å²) in [5.74, 6) is 1.31. The Labute approximate surface area is 175 Å². The summed E-state index contributed by atoms with van der Waals surface area (Å²) in [5, 5.41) is 4.27. The molecule has 0 atom stereocenters. The Morgan fingerprint density at radius 2 is 2.00 bits per heavy atom. The molecule has 0 aliphatic carbocycles. The number of halogens is 1. The maximum absolute atomic E-state index is 12.7. The Morgan fingerprint density at radius 3 is 2.66 bits per heavy atom. The van der Waals surface area contributed by atoms with Crippen molar-refractivity contribution < 1.29 is 4.74 Å². The molecule has 154 valence electrons. The van der Waals surface area contributed by atoms with E-state index in [4.69, 9.17) is 4.74 Å². The molecule has 0 saturated carbocycles. The Balaban J connectivity index is 2.09. The molecule has 0 amide bonds. The first-order valence-electron chi connectivity index (χ1n) is 9.03. The van der Waals surface area contributed by atoms with Crippen LogP contribution in [-0.4, -0.2) is 32.0 Å². The van der Waals surface area contributed by atoms with Gasteiger partial charge in [0.1, 0.15) is 5.75 Å². The van der Waals surface area contributed by atoms with Crippen molar-refractivity contribution in [1.82, 2.24) is 18.7 Å². The van der Waals surface area contributed by atoms with E-state index >= 15 is 0 Å². The highest BCUT2D eigenvalue weighted by molar-refractivity contribution is 9.10. The summed E-state index contributed by atoms with van der Waals surface area (Å²) < 4.78 is 10.4. The lowest BCUT2D eigenvalue weighted by atomic mass is 10.2. The van der Waals surface area contributed by atoms with Crippen LogP contribution in [0.5, 0.6) is 5.75 Å². The smallest absolute Gasteiger partial charge is 0.332 e. The summed E-state index contributed by atoms with van der Waals surface area (Å²) in [6, 6.07) is 5.58. The lowest BCUT2D eigenvalue weighted by molar-refractivity contribution is 0.414. The first kappa shape index (κ1) is 20.8. The molecule has 0 bridgehead atoms. The van der Waals surface area contributed by atoms with Gasteiger partial charge in [-0.15, -0.1) is 0 Å². The fourth-order valence-electron chi connectivity index (χ4n) is 3.04. The monoisotopic (exact) mass is 462 g/mol. The van der Waals surface area contributed by atoms with Crippen LogP contribution in [0.3, 0.4) is 0 Å². The predicted molar refractivity (Wildman–Crippen MR) is 117 cm³/mol. The SMILES string of the molecule is COc1ccc(Br)cc1C=NNc1nc2c(c(=O)n(C)c(=O)n2C)n1CC(C)C. The molecule has 0 spiro atoms. The van der Waals surface area contributed by atoms with E-state index in [0.29, 0.717) is 29.4 Å². The molecule has 1 N–H and O–H groups in total. The van der Waals surface area contributed by atoms with Crippen LogP contribution in [0.2, 0.25) is 0 Å². The van der Waals surface area contributed by atoms with E-state index in [1.807, 2.05) is 32.0 Å². The van der Waals surface area contributed by atoms with Gasteiger partial charge >= 0.3 is 5.69 Å². The van der Waals surface area contributed by atoms with Crippen molar-refractivity contribution in [3.05, 3.63) is 49.1 Å². The number of nitrogens with zero attached hydrogens (tertiary/aromatic N) is 5. The second kappa shape index (κ2) is 8.24. The van der Waals surface area contributed by atoms with E-state index < -0.39 is 5.69 Å². The highest BCUT2D eigenvalue weighted by Crippen LogP contribution is 2.22. The highest BCUT2D eigenvalue weighted by atomic mass is 79.9. The van der Waals surface area contributed by atoms with Gasteiger partial charge in [-0.05, 0) is 24.1 Å². The van der Waals surface area contributed by atoms with Crippen molar-refractivity contribution in [2.45, 2.75) is 20.4 Å². The van der Waals surface area contributed by atoms with Gasteiger partial charge in [-0.25, -0.2) is 10.2 Å². The molecule has 0 saturated heterocycles. The summed E-state index contributed by atoms with van der Waals surface area (Å²) in [4.78, 5) is 29.5. The van der Waals surface area contributed by atoms with Crippen LogP contribution in [0.4, 0.5) is 5.95 Å². The van der Waals surface area contributed by atoms with Crippen LogP contribution < -0.4 is 21.4 Å². The molecule has 3 aromatic rings. The van der Waals surface area contributed by atoms with Crippen molar-refractivity contribution in [3.8, 4) is 5.75 Å². The predicted octanol–water partition coefficient (Wildman–Crippen LogP) is 2.31. The third-order valence-electron chi connectivity index (χ3n) is 4.46. The Bertz CT molecular complexity index is 1210. The Morgan fingerprint density at radius 1 is 1.28 bits per heavy atom. The normalized spacial score (nSPS) is 11.7. The number of hydrogen-bond acceptors (Lipinski definition) is 6. The molecule has 2 heterocycles. The average Bonchev–Trinajstić information content (AvgIpc) is 3.02. The zero-order valence-corrected chi connectivity index (χ0v) is 18.5. The van der Waals surface area contributed by atoms with Crippen LogP contribution in [0.1, 0.15) is 19.4 Å². The van der Waals surface area contributed by atoms with Gasteiger partial charge in [0.05, 0.1) is 13.3 Å². The summed E-state index contributed by atoms with van der Waals surface area (Å²) in [6.07, 6.45) is 1.61. The van der Waals surface area contributed by atoms with Gasteiger partial charge in [-0.3, -0.25) is 13.9 Å². The largest absolute Gasteiger partial charge is 0.496 e. The molecule has 10 heteroatoms. The molecule has 0 fully saturated rings. The van der Waals surface area contributed by atoms with Gasteiger partial charge in [0.2, 0.25) is 5.95 Å². The van der Waals surface area contributed by atoms with E-state index in [9.17, 15) is 9.59 Å². The summed E-state index contributed by atoms with van der Waals surface area (Å²) >= 11 is 3.43. The zero-order chi connectivity index (χ0) is 21.3. The van der Waals surface area contributed by atoms with Gasteiger partial charge in [-0.1, -0.05) is 29.8 Å². The van der Waals surface area contributed by atoms with Crippen LogP contribution >= 0.6 is 15.9 Å². The second-order valence-corrected chi connectivity index (χ2v) is 7.99. The number of aryl methyl sites for hydroxylation is 1. The lowest BCUT2D eigenvalue weighted by Gasteiger charge is -2.11. The molecule has 0 radical (unpaired) electrons. The molecule has 3 rings (SSSR count). The number of rotatable bonds is 6. The number of nitrogens with one attached hydrogen (secondary N) is 1. The molecular weight excluding hydrogens is 440 g/mol. The van der Waals surface area contributed by atoms with E-state index in [-0.39, 0.29) is 11.5 Å². The van der Waals surface area contributed by atoms with E-state index in [1.165, 1.54) is 11.6 Å². The quantitative estimate of drug-likeness (QED) is 0.447. The van der Waals surface area contributed by atoms with Crippen LogP contribution in [0, 0.1) is 5.92 Å². The van der Waals surface area contributed by atoms with Gasteiger partial charge in [0, 0.05) is 30.7 Å². The van der Waals surface area contributed by atoms with Gasteiger partial charge in [0.25, 0.3) is 5.56 Å². The average molecular weight is 463 g/mol. The maximum Gasteiger partial charge on any atom is 0.332 e. The minimum atomic E-state index is -0.425. The fraction of sp³-hybridized carbons (Fsp3) is 0.368. The van der Waals surface area contributed by atoms with Crippen LogP contribution in [0.15, 0.2) is 37.4 Å². The molecule has 9 nitrogen and oxygen atoms in total. The van der Waals surface area contributed by atoms with Gasteiger partial charge < -0.3 is 9.30 Å². The van der Waals surface area contributed by atoms with Crippen molar-refractivity contribution in [3.63, 3.8) is 0 Å². The number of hydrazone groups is 1. The zero-order valence-electron chi connectivity index (χ0n) is 16.9. The molecular formula is C19H23BrN6O3. The fourth-order valence-corrected chi connectivity index (χ4v) is 3.42. The number of methoxy groups -OCH3 is 1. The molecule has 0 unspecified atom stereocenters. The van der Waals surface area contributed by atoms with Crippen molar-refractivity contribution in [2.75, 3.05) is 12.5 Å². The van der Waals surface area contributed by atoms with Crippen molar-refractivity contribution >= 4 is 39.3 Å². The molecule has 0 aliphatic rings. The second-order valence-electron chi connectivity index (χ2n) is 7.07. The number of benzene rings is 1. The van der Waals surface area contributed by atoms with Crippen LogP contribution in [-0.2, 0) is 20.6 Å². The van der Waals surface area contributed by atoms with Crippen molar-refractivity contribution in [2.24, 2.45) is 25.1 Å². The lowest BCUT2D eigenvalue weighted by Crippen LogP contribution is -2.37. The summed E-state index contributed by atoms with van der Waals surface area (Å²) in [7, 11) is 4.64. The first-order valence-corrected chi connectivity index (χ1v) is 9.82. The standard InChI is InChI=1S/C19H23BrN6O3/c1-11(2)10-26-15-16(24(3)19(28)25(4)17(15)27)22-18(26)23-21-9-12-8-13(20)6-7-14(12)29-5/h6-9,11H,10H2,1-5H3,(H,22,23). The minimum absolute atomic E-state index is 0.254.